The molecule has 1 aliphatic rings. The van der Waals surface area contributed by atoms with Crippen LogP contribution >= 0.6 is 0 Å². The van der Waals surface area contributed by atoms with Crippen LogP contribution in [0.15, 0.2) is 12.1 Å². The Hall–Kier alpha value is -1.91. The fraction of sp³-hybridized carbons (Fsp3) is 0.500. The molecule has 21 heavy (non-hydrogen) atoms. The van der Waals surface area contributed by atoms with Crippen molar-refractivity contribution < 1.29 is 14.3 Å². The predicted octanol–water partition coefficient (Wildman–Crippen LogP) is 3.91. The van der Waals surface area contributed by atoms with Gasteiger partial charge in [-0.15, -0.1) is 0 Å². The number of carboxylic acids is 1. The summed E-state index contributed by atoms with van der Waals surface area (Å²) in [5, 5.41) is 8.95. The Morgan fingerprint density at radius 1 is 1.29 bits per heavy atom. The van der Waals surface area contributed by atoms with Crippen LogP contribution in [-0.4, -0.2) is 21.0 Å². The average Bonchev–Trinajstić information content (AvgIpc) is 2.64. The number of rotatable bonds is 3. The third-order valence-electron chi connectivity index (χ3n) is 4.31. The van der Waals surface area contributed by atoms with E-state index in [4.69, 9.17) is 5.11 Å². The van der Waals surface area contributed by atoms with Crippen LogP contribution in [0.5, 0.6) is 0 Å². The first-order valence-corrected chi connectivity index (χ1v) is 7.55. The number of fused-ring (bicyclic) bond motifs is 1. The van der Waals surface area contributed by atoms with Crippen LogP contribution in [0, 0.1) is 11.7 Å². The highest BCUT2D eigenvalue weighted by molar-refractivity contribution is 5.92. The summed E-state index contributed by atoms with van der Waals surface area (Å²) in [4.78, 5) is 18.5. The molecule has 1 aromatic heterocycles. The number of aromatic nitrogens is 2. The van der Waals surface area contributed by atoms with Crippen LogP contribution in [0.25, 0.3) is 11.0 Å². The zero-order chi connectivity index (χ0) is 14.8. The standard InChI is InChI=1S/C16H19FN2O2/c17-12-9-14-13(8-11(12)16(20)21)18-15(19-14)7-10-5-3-1-2-4-6-10/h8-10H,1-7H2,(H,18,19)(H,20,21). The third kappa shape index (κ3) is 3.06. The maximum atomic E-state index is 13.7. The summed E-state index contributed by atoms with van der Waals surface area (Å²) in [6, 6.07) is 2.53. The number of carbonyl (C=O) groups is 1. The van der Waals surface area contributed by atoms with Crippen LogP contribution < -0.4 is 0 Å². The van der Waals surface area contributed by atoms with E-state index in [-0.39, 0.29) is 5.56 Å². The van der Waals surface area contributed by atoms with E-state index in [1.54, 1.807) is 0 Å². The van der Waals surface area contributed by atoms with Gasteiger partial charge in [0.1, 0.15) is 11.6 Å². The van der Waals surface area contributed by atoms with E-state index < -0.39 is 11.8 Å². The first-order valence-electron chi connectivity index (χ1n) is 7.55. The van der Waals surface area contributed by atoms with Gasteiger partial charge in [-0.1, -0.05) is 38.5 Å². The van der Waals surface area contributed by atoms with Gasteiger partial charge < -0.3 is 10.1 Å². The highest BCUT2D eigenvalue weighted by Gasteiger charge is 2.17. The number of hydrogen-bond donors (Lipinski definition) is 2. The Morgan fingerprint density at radius 2 is 2.00 bits per heavy atom. The molecule has 1 aromatic carbocycles. The molecule has 0 atom stereocenters. The first-order chi connectivity index (χ1) is 10.1. The van der Waals surface area contributed by atoms with Gasteiger partial charge in [-0.05, 0) is 12.0 Å². The second kappa shape index (κ2) is 5.84. The lowest BCUT2D eigenvalue weighted by Crippen LogP contribution is -2.04. The van der Waals surface area contributed by atoms with E-state index in [0.29, 0.717) is 17.0 Å². The van der Waals surface area contributed by atoms with E-state index in [0.717, 1.165) is 12.2 Å². The minimum atomic E-state index is -1.26. The highest BCUT2D eigenvalue weighted by Crippen LogP contribution is 2.26. The van der Waals surface area contributed by atoms with Crippen molar-refractivity contribution >= 4 is 17.0 Å². The van der Waals surface area contributed by atoms with Gasteiger partial charge in [0.05, 0.1) is 16.6 Å². The molecule has 0 bridgehead atoms. The number of imidazole rings is 1. The number of hydrogen-bond acceptors (Lipinski definition) is 2. The van der Waals surface area contributed by atoms with Crippen LogP contribution in [0.1, 0.15) is 54.7 Å². The lowest BCUT2D eigenvalue weighted by Gasteiger charge is -2.11. The monoisotopic (exact) mass is 290 g/mol. The second-order valence-electron chi connectivity index (χ2n) is 5.90. The molecule has 2 N–H and O–H groups in total. The molecule has 1 aliphatic carbocycles. The zero-order valence-electron chi connectivity index (χ0n) is 11.9. The summed E-state index contributed by atoms with van der Waals surface area (Å²) in [7, 11) is 0. The quantitative estimate of drug-likeness (QED) is 0.842. The van der Waals surface area contributed by atoms with Crippen LogP contribution in [0.3, 0.4) is 0 Å². The number of nitrogens with zero attached hydrogens (tertiary/aromatic N) is 1. The van der Waals surface area contributed by atoms with Crippen molar-refractivity contribution in [2.75, 3.05) is 0 Å². The Bertz CT molecular complexity index is 658. The summed E-state index contributed by atoms with van der Waals surface area (Å²) in [5.41, 5.74) is 0.772. The lowest BCUT2D eigenvalue weighted by molar-refractivity contribution is 0.0692. The number of halogens is 1. The van der Waals surface area contributed by atoms with Gasteiger partial charge in [-0.25, -0.2) is 14.2 Å². The Kier molecular flexibility index (Phi) is 3.90. The number of aromatic carboxylic acids is 1. The molecule has 1 fully saturated rings. The average molecular weight is 290 g/mol. The second-order valence-corrected chi connectivity index (χ2v) is 5.90. The summed E-state index contributed by atoms with van der Waals surface area (Å²) in [5.74, 6) is -0.530. The Balaban J connectivity index is 1.85. The van der Waals surface area contributed by atoms with Crippen LogP contribution in [0.4, 0.5) is 4.39 Å². The van der Waals surface area contributed by atoms with Gasteiger partial charge in [0.2, 0.25) is 0 Å². The van der Waals surface area contributed by atoms with E-state index in [2.05, 4.69) is 9.97 Å². The van der Waals surface area contributed by atoms with Crippen LogP contribution in [-0.2, 0) is 6.42 Å². The molecule has 2 aromatic rings. The van der Waals surface area contributed by atoms with Crippen molar-refractivity contribution in [3.05, 3.63) is 29.3 Å². The molecule has 0 spiro atoms. The van der Waals surface area contributed by atoms with Gasteiger partial charge in [-0.3, -0.25) is 0 Å². The molecule has 0 amide bonds. The fourth-order valence-electron chi connectivity index (χ4n) is 3.19. The van der Waals surface area contributed by atoms with Crippen molar-refractivity contribution in [2.24, 2.45) is 5.92 Å². The van der Waals surface area contributed by atoms with E-state index in [9.17, 15) is 9.18 Å². The molecular weight excluding hydrogens is 271 g/mol. The van der Waals surface area contributed by atoms with E-state index in [1.807, 2.05) is 0 Å². The summed E-state index contributed by atoms with van der Waals surface area (Å²) in [6.45, 7) is 0. The Morgan fingerprint density at radius 3 is 2.67 bits per heavy atom. The molecule has 1 saturated carbocycles. The topological polar surface area (TPSA) is 66.0 Å². The predicted molar refractivity (Wildman–Crippen MR) is 77.9 cm³/mol. The third-order valence-corrected chi connectivity index (χ3v) is 4.31. The summed E-state index contributed by atoms with van der Waals surface area (Å²) in [6.07, 6.45) is 8.44. The van der Waals surface area contributed by atoms with Crippen molar-refractivity contribution in [3.8, 4) is 0 Å². The molecule has 0 unspecified atom stereocenters. The zero-order valence-corrected chi connectivity index (χ0v) is 11.9. The Labute approximate surface area is 122 Å². The normalized spacial score (nSPS) is 17.0. The fourth-order valence-corrected chi connectivity index (χ4v) is 3.19. The minimum absolute atomic E-state index is 0.324. The molecule has 112 valence electrons. The van der Waals surface area contributed by atoms with E-state index >= 15 is 0 Å². The largest absolute Gasteiger partial charge is 0.478 e. The van der Waals surface area contributed by atoms with Crippen molar-refractivity contribution in [2.45, 2.75) is 44.9 Å². The minimum Gasteiger partial charge on any atom is -0.478 e. The smallest absolute Gasteiger partial charge is 0.338 e. The number of aromatic amines is 1. The van der Waals surface area contributed by atoms with Gasteiger partial charge >= 0.3 is 5.97 Å². The number of carboxylic acid groups (broad SMARTS) is 1. The molecule has 0 radical (unpaired) electrons. The highest BCUT2D eigenvalue weighted by atomic mass is 19.1. The lowest BCUT2D eigenvalue weighted by atomic mass is 9.96. The molecule has 1 heterocycles. The molecule has 4 nitrogen and oxygen atoms in total. The number of benzene rings is 1. The van der Waals surface area contributed by atoms with Gasteiger partial charge in [0.25, 0.3) is 0 Å². The maximum absolute atomic E-state index is 13.7. The maximum Gasteiger partial charge on any atom is 0.338 e. The van der Waals surface area contributed by atoms with Crippen molar-refractivity contribution in [1.29, 1.82) is 0 Å². The number of H-pyrrole nitrogens is 1. The molecule has 3 rings (SSSR count). The van der Waals surface area contributed by atoms with Gasteiger partial charge in [0.15, 0.2) is 0 Å². The van der Waals surface area contributed by atoms with Crippen molar-refractivity contribution in [3.63, 3.8) is 0 Å². The van der Waals surface area contributed by atoms with Gasteiger partial charge in [-0.2, -0.15) is 0 Å². The van der Waals surface area contributed by atoms with Crippen molar-refractivity contribution in [1.82, 2.24) is 9.97 Å². The summed E-state index contributed by atoms with van der Waals surface area (Å²) < 4.78 is 13.7. The summed E-state index contributed by atoms with van der Waals surface area (Å²) >= 11 is 0. The molecular formula is C16H19FN2O2. The molecule has 0 saturated heterocycles. The SMILES string of the molecule is O=C(O)c1cc2nc(CC3CCCCCC3)[nH]c2cc1F. The molecule has 0 aliphatic heterocycles. The van der Waals surface area contributed by atoms with Crippen LogP contribution in [0.2, 0.25) is 0 Å². The first kappa shape index (κ1) is 14.0. The molecule has 5 heteroatoms. The van der Waals surface area contributed by atoms with Gasteiger partial charge in [0, 0.05) is 12.5 Å². The van der Waals surface area contributed by atoms with E-state index in [1.165, 1.54) is 50.7 Å². The number of nitrogens with one attached hydrogen (secondary N) is 1.